The molecule has 0 aliphatic rings. The molecular formula is C17H25NO4. The van der Waals surface area contributed by atoms with Crippen molar-refractivity contribution in [3.63, 3.8) is 0 Å². The number of anilines is 1. The summed E-state index contributed by atoms with van der Waals surface area (Å²) in [5.41, 5.74) is 0.664. The van der Waals surface area contributed by atoms with E-state index in [0.717, 1.165) is 6.42 Å². The van der Waals surface area contributed by atoms with E-state index in [1.807, 2.05) is 18.2 Å². The highest BCUT2D eigenvalue weighted by atomic mass is 16.6. The van der Waals surface area contributed by atoms with Crippen molar-refractivity contribution in [3.05, 3.63) is 30.3 Å². The van der Waals surface area contributed by atoms with E-state index in [0.29, 0.717) is 18.2 Å². The lowest BCUT2D eigenvalue weighted by Gasteiger charge is -2.17. The molecule has 0 heterocycles. The van der Waals surface area contributed by atoms with Gasteiger partial charge in [-0.3, -0.25) is 4.79 Å². The Balaban J connectivity index is 2.37. The van der Waals surface area contributed by atoms with Crippen LogP contribution >= 0.6 is 0 Å². The van der Waals surface area contributed by atoms with E-state index < -0.39 is 18.2 Å². The Bertz CT molecular complexity index is 473. The normalized spacial score (nSPS) is 13.5. The lowest BCUT2D eigenvalue weighted by atomic mass is 10.1. The van der Waals surface area contributed by atoms with Crippen molar-refractivity contribution in [2.24, 2.45) is 5.92 Å². The zero-order valence-electron chi connectivity index (χ0n) is 13.7. The van der Waals surface area contributed by atoms with Crippen molar-refractivity contribution in [2.45, 2.75) is 46.3 Å². The summed E-state index contributed by atoms with van der Waals surface area (Å²) in [6.07, 6.45) is -0.670. The molecule has 2 atom stereocenters. The van der Waals surface area contributed by atoms with Gasteiger partial charge in [-0.2, -0.15) is 0 Å². The summed E-state index contributed by atoms with van der Waals surface area (Å²) < 4.78 is 10.5. The van der Waals surface area contributed by atoms with Crippen LogP contribution in [0.4, 0.5) is 5.69 Å². The van der Waals surface area contributed by atoms with E-state index in [1.165, 1.54) is 6.92 Å². The number of ether oxygens (including phenoxy) is 2. The second-order valence-electron chi connectivity index (χ2n) is 5.63. The summed E-state index contributed by atoms with van der Waals surface area (Å²) in [6.45, 7) is 7.84. The van der Waals surface area contributed by atoms with E-state index in [4.69, 9.17) is 9.47 Å². The van der Waals surface area contributed by atoms with Gasteiger partial charge in [0.1, 0.15) is 0 Å². The molecule has 0 saturated carbocycles. The molecule has 0 radical (unpaired) electrons. The highest BCUT2D eigenvalue weighted by molar-refractivity contribution is 5.95. The minimum absolute atomic E-state index is 0.367. The first-order valence-electron chi connectivity index (χ1n) is 7.58. The van der Waals surface area contributed by atoms with Crippen LogP contribution in [0.3, 0.4) is 0 Å². The molecule has 122 valence electrons. The zero-order chi connectivity index (χ0) is 16.5. The third kappa shape index (κ3) is 6.72. The summed E-state index contributed by atoms with van der Waals surface area (Å²) >= 11 is 0. The standard InChI is InChI=1S/C17H25NO4/c1-12(2)10-11-21-14(4)17(20)22-13(3)16(19)18-15-8-6-5-7-9-15/h5-9,12-14H,10-11H2,1-4H3,(H,18,19). The van der Waals surface area contributed by atoms with Gasteiger partial charge in [-0.1, -0.05) is 32.0 Å². The number of para-hydroxylation sites is 1. The van der Waals surface area contributed by atoms with Gasteiger partial charge in [0, 0.05) is 12.3 Å². The number of amides is 1. The van der Waals surface area contributed by atoms with Crippen molar-refractivity contribution >= 4 is 17.6 Å². The highest BCUT2D eigenvalue weighted by Crippen LogP contribution is 2.08. The fourth-order valence-electron chi connectivity index (χ4n) is 1.64. The molecule has 0 aliphatic carbocycles. The number of hydrogen-bond donors (Lipinski definition) is 1. The van der Waals surface area contributed by atoms with Gasteiger partial charge in [0.25, 0.3) is 5.91 Å². The van der Waals surface area contributed by atoms with E-state index in [2.05, 4.69) is 19.2 Å². The van der Waals surface area contributed by atoms with Crippen molar-refractivity contribution in [1.82, 2.24) is 0 Å². The second kappa shape index (κ2) is 9.20. The number of nitrogens with one attached hydrogen (secondary N) is 1. The number of esters is 1. The second-order valence-corrected chi connectivity index (χ2v) is 5.63. The molecule has 0 spiro atoms. The van der Waals surface area contributed by atoms with Gasteiger partial charge in [-0.25, -0.2) is 4.79 Å². The molecule has 1 rings (SSSR count). The van der Waals surface area contributed by atoms with Crippen LogP contribution in [0.2, 0.25) is 0 Å². The van der Waals surface area contributed by atoms with Crippen LogP contribution < -0.4 is 5.32 Å². The Morgan fingerprint density at radius 2 is 1.68 bits per heavy atom. The van der Waals surface area contributed by atoms with Crippen LogP contribution in [0, 0.1) is 5.92 Å². The summed E-state index contributed by atoms with van der Waals surface area (Å²) in [5, 5.41) is 2.69. The molecule has 5 heteroatoms. The number of hydrogen-bond acceptors (Lipinski definition) is 4. The van der Waals surface area contributed by atoms with Gasteiger partial charge in [0.05, 0.1) is 0 Å². The van der Waals surface area contributed by atoms with Crippen LogP contribution in [-0.2, 0) is 19.1 Å². The topological polar surface area (TPSA) is 64.6 Å². The number of benzene rings is 1. The average molecular weight is 307 g/mol. The summed E-state index contributed by atoms with van der Waals surface area (Å²) in [6, 6.07) is 9.03. The molecule has 0 aromatic heterocycles. The van der Waals surface area contributed by atoms with E-state index in [-0.39, 0.29) is 5.91 Å². The number of carbonyl (C=O) groups excluding carboxylic acids is 2. The molecule has 0 bridgehead atoms. The van der Waals surface area contributed by atoms with Gasteiger partial charge in [-0.05, 0) is 38.3 Å². The molecule has 0 saturated heterocycles. The van der Waals surface area contributed by atoms with Gasteiger partial charge in [0.15, 0.2) is 12.2 Å². The maximum atomic E-state index is 11.9. The minimum atomic E-state index is -0.871. The largest absolute Gasteiger partial charge is 0.451 e. The fraction of sp³-hybridized carbons (Fsp3) is 0.529. The Morgan fingerprint density at radius 1 is 1.05 bits per heavy atom. The van der Waals surface area contributed by atoms with E-state index >= 15 is 0 Å². The Kier molecular flexibility index (Phi) is 7.60. The van der Waals surface area contributed by atoms with E-state index in [1.54, 1.807) is 19.1 Å². The molecule has 0 aliphatic heterocycles. The summed E-state index contributed by atoms with van der Waals surface area (Å²) in [5.74, 6) is -0.382. The SMILES string of the molecule is CC(C)CCOC(C)C(=O)OC(C)C(=O)Nc1ccccc1. The molecule has 1 aromatic rings. The maximum Gasteiger partial charge on any atom is 0.335 e. The third-order valence-electron chi connectivity index (χ3n) is 3.10. The third-order valence-corrected chi connectivity index (χ3v) is 3.10. The van der Waals surface area contributed by atoms with Crippen LogP contribution in [0.5, 0.6) is 0 Å². The van der Waals surface area contributed by atoms with Crippen molar-refractivity contribution in [3.8, 4) is 0 Å². The zero-order valence-corrected chi connectivity index (χ0v) is 13.7. The minimum Gasteiger partial charge on any atom is -0.451 e. The van der Waals surface area contributed by atoms with Gasteiger partial charge >= 0.3 is 5.97 Å². The lowest BCUT2D eigenvalue weighted by Crippen LogP contribution is -2.34. The first-order chi connectivity index (χ1) is 10.4. The number of carbonyl (C=O) groups is 2. The lowest BCUT2D eigenvalue weighted by molar-refractivity contribution is -0.163. The quantitative estimate of drug-likeness (QED) is 0.750. The molecular weight excluding hydrogens is 282 g/mol. The van der Waals surface area contributed by atoms with Gasteiger partial charge in [-0.15, -0.1) is 0 Å². The fourth-order valence-corrected chi connectivity index (χ4v) is 1.64. The monoisotopic (exact) mass is 307 g/mol. The van der Waals surface area contributed by atoms with Gasteiger partial charge < -0.3 is 14.8 Å². The van der Waals surface area contributed by atoms with Gasteiger partial charge in [0.2, 0.25) is 0 Å². The molecule has 2 unspecified atom stereocenters. The summed E-state index contributed by atoms with van der Waals surface area (Å²) in [7, 11) is 0. The van der Waals surface area contributed by atoms with Crippen LogP contribution in [0.15, 0.2) is 30.3 Å². The first-order valence-corrected chi connectivity index (χ1v) is 7.58. The highest BCUT2D eigenvalue weighted by Gasteiger charge is 2.22. The molecule has 1 aromatic carbocycles. The predicted octanol–water partition coefficient (Wildman–Crippen LogP) is 3.01. The molecule has 0 fully saturated rings. The van der Waals surface area contributed by atoms with Crippen molar-refractivity contribution in [1.29, 1.82) is 0 Å². The van der Waals surface area contributed by atoms with E-state index in [9.17, 15) is 9.59 Å². The average Bonchev–Trinajstić information content (AvgIpc) is 2.47. The summed E-state index contributed by atoms with van der Waals surface area (Å²) in [4.78, 5) is 23.8. The molecule has 1 N–H and O–H groups in total. The van der Waals surface area contributed by atoms with Crippen LogP contribution in [-0.4, -0.2) is 30.7 Å². The Labute approximate surface area is 132 Å². The molecule has 22 heavy (non-hydrogen) atoms. The van der Waals surface area contributed by atoms with Crippen molar-refractivity contribution < 1.29 is 19.1 Å². The predicted molar refractivity (Wildman–Crippen MR) is 85.5 cm³/mol. The molecule has 1 amide bonds. The van der Waals surface area contributed by atoms with Crippen LogP contribution in [0.25, 0.3) is 0 Å². The maximum absolute atomic E-state index is 11.9. The Hall–Kier alpha value is -1.88. The smallest absolute Gasteiger partial charge is 0.335 e. The Morgan fingerprint density at radius 3 is 2.27 bits per heavy atom. The van der Waals surface area contributed by atoms with Crippen LogP contribution in [0.1, 0.15) is 34.1 Å². The number of rotatable bonds is 8. The van der Waals surface area contributed by atoms with Crippen molar-refractivity contribution in [2.75, 3.05) is 11.9 Å². The first kappa shape index (κ1) is 18.2. The molecule has 5 nitrogen and oxygen atoms in total.